The maximum absolute atomic E-state index is 6.27. The van der Waals surface area contributed by atoms with E-state index in [0.717, 1.165) is 25.1 Å². The van der Waals surface area contributed by atoms with Crippen LogP contribution in [0.25, 0.3) is 0 Å². The molecule has 3 aromatic rings. The van der Waals surface area contributed by atoms with Gasteiger partial charge in [0.15, 0.2) is 0 Å². The third-order valence-corrected chi connectivity index (χ3v) is 4.58. The lowest BCUT2D eigenvalue weighted by Crippen LogP contribution is -2.38. The first-order chi connectivity index (χ1) is 11.9. The fraction of sp³-hybridized carbons (Fsp3) is 0.182. The maximum atomic E-state index is 6.27. The van der Waals surface area contributed by atoms with Crippen LogP contribution in [0, 0.1) is 0 Å². The molecule has 0 saturated carbocycles. The van der Waals surface area contributed by atoms with Crippen molar-refractivity contribution in [3.8, 4) is 5.75 Å². The molecule has 0 N–H and O–H groups in total. The molecule has 1 aliphatic rings. The third-order valence-electron chi connectivity index (χ3n) is 4.58. The van der Waals surface area contributed by atoms with E-state index in [-0.39, 0.29) is 0 Å². The number of fused-ring (bicyclic) bond motifs is 1. The Morgan fingerprint density at radius 2 is 1.25 bits per heavy atom. The Labute approximate surface area is 143 Å². The van der Waals surface area contributed by atoms with Crippen molar-refractivity contribution in [1.82, 2.24) is 5.06 Å². The van der Waals surface area contributed by atoms with Gasteiger partial charge in [-0.15, -0.1) is 5.06 Å². The Bertz CT molecular complexity index is 719. The number of para-hydroxylation sites is 1. The summed E-state index contributed by atoms with van der Waals surface area (Å²) in [5.41, 5.74) is 4.15. The van der Waals surface area contributed by atoms with Gasteiger partial charge in [0.1, 0.15) is 5.75 Å². The van der Waals surface area contributed by atoms with Crippen LogP contribution in [0.1, 0.15) is 16.7 Å². The van der Waals surface area contributed by atoms with Gasteiger partial charge in [-0.1, -0.05) is 72.8 Å². The van der Waals surface area contributed by atoms with E-state index in [1.807, 2.05) is 30.3 Å². The fourth-order valence-corrected chi connectivity index (χ4v) is 3.36. The molecule has 120 valence electrons. The van der Waals surface area contributed by atoms with Crippen LogP contribution in [-0.4, -0.2) is 11.1 Å². The molecule has 0 fully saturated rings. The average Bonchev–Trinajstić information content (AvgIpc) is 3.07. The lowest BCUT2D eigenvalue weighted by atomic mass is 10.1. The highest BCUT2D eigenvalue weighted by Crippen LogP contribution is 2.27. The topological polar surface area (TPSA) is 12.5 Å². The van der Waals surface area contributed by atoms with Crippen LogP contribution < -0.4 is 4.84 Å². The number of hydrogen-bond acceptors (Lipinski definition) is 2. The summed E-state index contributed by atoms with van der Waals surface area (Å²) in [6.07, 6.45) is 2.08. The van der Waals surface area contributed by atoms with Crippen molar-refractivity contribution in [2.45, 2.75) is 25.4 Å². The Morgan fingerprint density at radius 3 is 1.88 bits per heavy atom. The molecule has 0 unspecified atom stereocenters. The molecule has 1 aliphatic carbocycles. The summed E-state index contributed by atoms with van der Waals surface area (Å²) in [5, 5.41) is 2.14. The van der Waals surface area contributed by atoms with Gasteiger partial charge < -0.3 is 4.84 Å². The van der Waals surface area contributed by atoms with Gasteiger partial charge in [-0.2, -0.15) is 0 Å². The van der Waals surface area contributed by atoms with E-state index in [2.05, 4.69) is 59.7 Å². The fourth-order valence-electron chi connectivity index (χ4n) is 3.36. The minimum Gasteiger partial charge on any atom is -0.405 e. The summed E-state index contributed by atoms with van der Waals surface area (Å²) in [7, 11) is 0. The van der Waals surface area contributed by atoms with Crippen molar-refractivity contribution >= 4 is 0 Å². The molecule has 0 radical (unpaired) electrons. The number of benzene rings is 3. The summed E-state index contributed by atoms with van der Waals surface area (Å²) >= 11 is 0. The van der Waals surface area contributed by atoms with Gasteiger partial charge in [0.05, 0.1) is 12.6 Å². The van der Waals surface area contributed by atoms with Gasteiger partial charge in [0, 0.05) is 0 Å². The van der Waals surface area contributed by atoms with Crippen LogP contribution in [-0.2, 0) is 19.4 Å². The van der Waals surface area contributed by atoms with Crippen molar-refractivity contribution in [2.75, 3.05) is 0 Å². The van der Waals surface area contributed by atoms with Gasteiger partial charge in [-0.25, -0.2) is 0 Å². The minimum absolute atomic E-state index is 0.364. The van der Waals surface area contributed by atoms with Gasteiger partial charge in [0.2, 0.25) is 0 Å². The van der Waals surface area contributed by atoms with E-state index in [4.69, 9.17) is 4.84 Å². The zero-order valence-electron chi connectivity index (χ0n) is 13.6. The molecule has 0 saturated heterocycles. The molecule has 0 spiro atoms. The Balaban J connectivity index is 1.56. The SMILES string of the molecule is c1ccc(CN(Oc2ccccc2)C2Cc3ccccc3C2)cc1. The molecule has 0 aliphatic heterocycles. The third kappa shape index (κ3) is 3.34. The maximum Gasteiger partial charge on any atom is 0.147 e. The molecule has 0 heterocycles. The van der Waals surface area contributed by atoms with Crippen LogP contribution >= 0.6 is 0 Å². The Morgan fingerprint density at radius 1 is 0.708 bits per heavy atom. The summed E-state index contributed by atoms with van der Waals surface area (Å²) in [5.74, 6) is 0.893. The van der Waals surface area contributed by atoms with Gasteiger partial charge in [-0.05, 0) is 41.7 Å². The number of hydroxylamine groups is 2. The van der Waals surface area contributed by atoms with Crippen molar-refractivity contribution in [3.63, 3.8) is 0 Å². The molecule has 4 rings (SSSR count). The first-order valence-electron chi connectivity index (χ1n) is 8.49. The standard InChI is InChI=1S/C22H21NO/c1-3-9-18(10-4-1)17-23(24-22-13-5-2-6-14-22)21-15-19-11-7-8-12-20(19)16-21/h1-14,21H,15-17H2. The van der Waals surface area contributed by atoms with Crippen molar-refractivity contribution in [2.24, 2.45) is 0 Å². The monoisotopic (exact) mass is 315 g/mol. The van der Waals surface area contributed by atoms with Crippen molar-refractivity contribution < 1.29 is 4.84 Å². The zero-order valence-corrected chi connectivity index (χ0v) is 13.6. The van der Waals surface area contributed by atoms with E-state index in [1.54, 1.807) is 0 Å². The van der Waals surface area contributed by atoms with E-state index in [1.165, 1.54) is 16.7 Å². The highest BCUT2D eigenvalue weighted by atomic mass is 16.7. The summed E-state index contributed by atoms with van der Waals surface area (Å²) in [4.78, 5) is 6.27. The lowest BCUT2D eigenvalue weighted by molar-refractivity contribution is -0.101. The predicted molar refractivity (Wildman–Crippen MR) is 96.7 cm³/mol. The minimum atomic E-state index is 0.364. The Kier molecular flexibility index (Phi) is 4.30. The second-order valence-electron chi connectivity index (χ2n) is 6.30. The first kappa shape index (κ1) is 15.0. The number of nitrogens with zero attached hydrogens (tertiary/aromatic N) is 1. The molecule has 24 heavy (non-hydrogen) atoms. The first-order valence-corrected chi connectivity index (χ1v) is 8.49. The van der Waals surface area contributed by atoms with E-state index >= 15 is 0 Å². The van der Waals surface area contributed by atoms with Crippen LogP contribution in [0.5, 0.6) is 5.75 Å². The molecule has 3 aromatic carbocycles. The molecule has 2 heteroatoms. The normalized spacial score (nSPS) is 13.9. The molecule has 0 atom stereocenters. The van der Waals surface area contributed by atoms with Crippen LogP contribution in [0.2, 0.25) is 0 Å². The van der Waals surface area contributed by atoms with E-state index < -0.39 is 0 Å². The largest absolute Gasteiger partial charge is 0.405 e. The second-order valence-corrected chi connectivity index (χ2v) is 6.30. The quantitative estimate of drug-likeness (QED) is 0.635. The van der Waals surface area contributed by atoms with Crippen molar-refractivity contribution in [3.05, 3.63) is 102 Å². The Hall–Kier alpha value is -2.58. The summed E-state index contributed by atoms with van der Waals surface area (Å²) < 4.78 is 0. The second kappa shape index (κ2) is 6.90. The summed E-state index contributed by atoms with van der Waals surface area (Å²) in [6.45, 7) is 0.786. The van der Waals surface area contributed by atoms with Crippen molar-refractivity contribution in [1.29, 1.82) is 0 Å². The number of rotatable bonds is 5. The molecule has 0 aromatic heterocycles. The van der Waals surface area contributed by atoms with Gasteiger partial charge in [-0.3, -0.25) is 0 Å². The zero-order chi connectivity index (χ0) is 16.2. The van der Waals surface area contributed by atoms with Crippen LogP contribution in [0.3, 0.4) is 0 Å². The molecule has 2 nitrogen and oxygen atoms in total. The lowest BCUT2D eigenvalue weighted by Gasteiger charge is -2.28. The predicted octanol–water partition coefficient (Wildman–Crippen LogP) is 4.65. The molecular formula is C22H21NO. The summed E-state index contributed by atoms with van der Waals surface area (Å²) in [6, 6.07) is 29.7. The highest BCUT2D eigenvalue weighted by Gasteiger charge is 2.28. The number of hydrogen-bond donors (Lipinski definition) is 0. The molecule has 0 amide bonds. The van der Waals surface area contributed by atoms with Gasteiger partial charge in [0.25, 0.3) is 0 Å². The van der Waals surface area contributed by atoms with E-state index in [0.29, 0.717) is 6.04 Å². The van der Waals surface area contributed by atoms with E-state index in [9.17, 15) is 0 Å². The van der Waals surface area contributed by atoms with Crippen LogP contribution in [0.15, 0.2) is 84.9 Å². The van der Waals surface area contributed by atoms with Gasteiger partial charge >= 0.3 is 0 Å². The smallest absolute Gasteiger partial charge is 0.147 e. The highest BCUT2D eigenvalue weighted by molar-refractivity contribution is 5.33. The average molecular weight is 315 g/mol. The molecule has 0 bridgehead atoms. The molecular weight excluding hydrogens is 294 g/mol. The van der Waals surface area contributed by atoms with Crippen LogP contribution in [0.4, 0.5) is 0 Å².